The van der Waals surface area contributed by atoms with Crippen LogP contribution in [0.2, 0.25) is 0 Å². The summed E-state index contributed by atoms with van der Waals surface area (Å²) in [7, 11) is 0. The second-order valence-electron chi connectivity index (χ2n) is 4.13. The zero-order valence-electron chi connectivity index (χ0n) is 9.04. The lowest BCUT2D eigenvalue weighted by Crippen LogP contribution is -2.38. The summed E-state index contributed by atoms with van der Waals surface area (Å²) in [5.74, 6) is 0. The average molecular weight is 239 g/mol. The highest BCUT2D eigenvalue weighted by Gasteiger charge is 2.39. The second kappa shape index (κ2) is 4.04. The van der Waals surface area contributed by atoms with Crippen LogP contribution in [0.25, 0.3) is 0 Å². The van der Waals surface area contributed by atoms with Gasteiger partial charge in [-0.15, -0.1) is 0 Å². The number of hydrogen-bond donors (Lipinski definition) is 1. The lowest BCUT2D eigenvalue weighted by atomic mass is 9.81. The van der Waals surface area contributed by atoms with Crippen LogP contribution in [0.3, 0.4) is 0 Å². The van der Waals surface area contributed by atoms with Gasteiger partial charge in [0.1, 0.15) is 0 Å². The molecule has 2 N–H and O–H groups in total. The van der Waals surface area contributed by atoms with E-state index in [2.05, 4.69) is 0 Å². The van der Waals surface area contributed by atoms with Crippen molar-refractivity contribution in [1.82, 2.24) is 0 Å². The minimum Gasteiger partial charge on any atom is -0.318 e. The highest BCUT2D eigenvalue weighted by atomic mass is 19.4. The molecule has 0 fully saturated rings. The molecule has 0 heterocycles. The van der Waals surface area contributed by atoms with Gasteiger partial charge in [-0.3, -0.25) is 0 Å². The highest BCUT2D eigenvalue weighted by Crippen LogP contribution is 2.38. The van der Waals surface area contributed by atoms with Crippen LogP contribution in [0.1, 0.15) is 12.0 Å². The summed E-state index contributed by atoms with van der Waals surface area (Å²) in [6, 6.07) is 8.82. The van der Waals surface area contributed by atoms with Crippen molar-refractivity contribution >= 4 is 0 Å². The Morgan fingerprint density at radius 3 is 2.35 bits per heavy atom. The molecule has 0 amide bonds. The van der Waals surface area contributed by atoms with Gasteiger partial charge in [-0.25, -0.2) is 0 Å². The third-order valence-corrected chi connectivity index (χ3v) is 2.85. The van der Waals surface area contributed by atoms with Crippen molar-refractivity contribution in [2.45, 2.75) is 18.1 Å². The lowest BCUT2D eigenvalue weighted by Gasteiger charge is -2.30. The first-order valence-corrected chi connectivity index (χ1v) is 5.22. The first-order chi connectivity index (χ1) is 7.92. The third kappa shape index (κ3) is 2.42. The van der Waals surface area contributed by atoms with Crippen molar-refractivity contribution in [3.05, 3.63) is 59.7 Å². The van der Waals surface area contributed by atoms with Gasteiger partial charge in [-0.1, -0.05) is 48.6 Å². The Morgan fingerprint density at radius 1 is 1.12 bits per heavy atom. The highest BCUT2D eigenvalue weighted by molar-refractivity contribution is 5.37. The van der Waals surface area contributed by atoms with Crippen LogP contribution < -0.4 is 5.73 Å². The summed E-state index contributed by atoms with van der Waals surface area (Å²) in [5.41, 5.74) is 5.07. The molecule has 0 spiro atoms. The van der Waals surface area contributed by atoms with Crippen molar-refractivity contribution in [2.75, 3.05) is 0 Å². The Bertz CT molecular complexity index is 459. The second-order valence-corrected chi connectivity index (χ2v) is 4.13. The standard InChI is InChI=1S/C13H12F3N/c14-13(15,16)11-7-4-8-12(17,9-11)10-5-2-1-3-6-10/h1-8H,9,17H2/t12-/m1/s1. The molecule has 0 saturated carbocycles. The molecular formula is C13H12F3N. The van der Waals surface area contributed by atoms with E-state index in [9.17, 15) is 13.2 Å². The molecule has 0 aliphatic heterocycles. The number of rotatable bonds is 1. The maximum Gasteiger partial charge on any atom is 0.412 e. The Kier molecular flexibility index (Phi) is 2.83. The third-order valence-electron chi connectivity index (χ3n) is 2.85. The van der Waals surface area contributed by atoms with E-state index in [1.54, 1.807) is 36.4 Å². The fourth-order valence-corrected chi connectivity index (χ4v) is 1.91. The molecule has 17 heavy (non-hydrogen) atoms. The number of alkyl halides is 3. The first-order valence-electron chi connectivity index (χ1n) is 5.22. The molecule has 1 aliphatic carbocycles. The first kappa shape index (κ1) is 11.9. The van der Waals surface area contributed by atoms with Crippen LogP contribution in [-0.4, -0.2) is 6.18 Å². The van der Waals surface area contributed by atoms with Crippen molar-refractivity contribution < 1.29 is 13.2 Å². The summed E-state index contributed by atoms with van der Waals surface area (Å²) in [6.45, 7) is 0. The fraction of sp³-hybridized carbons (Fsp3) is 0.231. The fourth-order valence-electron chi connectivity index (χ4n) is 1.91. The van der Waals surface area contributed by atoms with Crippen molar-refractivity contribution in [2.24, 2.45) is 5.73 Å². The average Bonchev–Trinajstić information content (AvgIpc) is 2.29. The maximum atomic E-state index is 12.6. The Hall–Kier alpha value is -1.55. The van der Waals surface area contributed by atoms with Gasteiger partial charge in [0.15, 0.2) is 0 Å². The topological polar surface area (TPSA) is 26.0 Å². The van der Waals surface area contributed by atoms with E-state index < -0.39 is 17.3 Å². The maximum absolute atomic E-state index is 12.6. The quantitative estimate of drug-likeness (QED) is 0.799. The molecular weight excluding hydrogens is 227 g/mol. The predicted molar refractivity (Wildman–Crippen MR) is 60.2 cm³/mol. The molecule has 0 radical (unpaired) electrons. The van der Waals surface area contributed by atoms with E-state index in [1.807, 2.05) is 0 Å². The molecule has 1 atom stereocenters. The minimum atomic E-state index is -4.32. The van der Waals surface area contributed by atoms with E-state index in [0.717, 1.165) is 6.08 Å². The van der Waals surface area contributed by atoms with Gasteiger partial charge >= 0.3 is 6.18 Å². The normalized spacial score (nSPS) is 24.6. The zero-order chi connectivity index (χ0) is 12.5. The summed E-state index contributed by atoms with van der Waals surface area (Å²) in [5, 5.41) is 0. The number of benzene rings is 1. The molecule has 0 saturated heterocycles. The SMILES string of the molecule is N[C@]1(c2ccccc2)C=CC=C(C(F)(F)F)C1. The number of nitrogens with two attached hydrogens (primary N) is 1. The van der Waals surface area contributed by atoms with Gasteiger partial charge in [0, 0.05) is 12.0 Å². The van der Waals surface area contributed by atoms with Crippen LogP contribution >= 0.6 is 0 Å². The van der Waals surface area contributed by atoms with Gasteiger partial charge in [0.05, 0.1) is 5.54 Å². The Balaban J connectivity index is 2.32. The summed E-state index contributed by atoms with van der Waals surface area (Å²) in [4.78, 5) is 0. The largest absolute Gasteiger partial charge is 0.412 e. The zero-order valence-corrected chi connectivity index (χ0v) is 9.04. The lowest BCUT2D eigenvalue weighted by molar-refractivity contribution is -0.0956. The van der Waals surface area contributed by atoms with Crippen molar-refractivity contribution in [3.8, 4) is 0 Å². The smallest absolute Gasteiger partial charge is 0.318 e. The van der Waals surface area contributed by atoms with E-state index in [-0.39, 0.29) is 6.42 Å². The van der Waals surface area contributed by atoms with Gasteiger partial charge in [-0.05, 0) is 5.56 Å². The van der Waals surface area contributed by atoms with Crippen molar-refractivity contribution in [1.29, 1.82) is 0 Å². The Morgan fingerprint density at radius 2 is 1.76 bits per heavy atom. The van der Waals surface area contributed by atoms with E-state index in [0.29, 0.717) is 5.56 Å². The molecule has 2 rings (SSSR count). The summed E-state index contributed by atoms with van der Waals surface area (Å²) in [6.07, 6.45) is -0.480. The summed E-state index contributed by atoms with van der Waals surface area (Å²) < 4.78 is 37.9. The van der Waals surface area contributed by atoms with Crippen LogP contribution in [-0.2, 0) is 5.54 Å². The molecule has 1 aromatic carbocycles. The molecule has 0 bridgehead atoms. The minimum absolute atomic E-state index is 0.225. The molecule has 0 unspecified atom stereocenters. The van der Waals surface area contributed by atoms with Crippen molar-refractivity contribution in [3.63, 3.8) is 0 Å². The Labute approximate surface area is 97.4 Å². The predicted octanol–water partition coefficient (Wildman–Crippen LogP) is 3.29. The van der Waals surface area contributed by atoms with Gasteiger partial charge in [0.2, 0.25) is 0 Å². The number of allylic oxidation sites excluding steroid dienone is 2. The van der Waals surface area contributed by atoms with Crippen LogP contribution in [0.4, 0.5) is 13.2 Å². The molecule has 1 aliphatic rings. The van der Waals surface area contributed by atoms with Gasteiger partial charge in [-0.2, -0.15) is 13.2 Å². The summed E-state index contributed by atoms with van der Waals surface area (Å²) >= 11 is 0. The van der Waals surface area contributed by atoms with Gasteiger partial charge in [0.25, 0.3) is 0 Å². The number of hydrogen-bond acceptors (Lipinski definition) is 1. The van der Waals surface area contributed by atoms with E-state index in [1.165, 1.54) is 6.08 Å². The van der Waals surface area contributed by atoms with Crippen LogP contribution in [0.5, 0.6) is 0 Å². The molecule has 0 aromatic heterocycles. The van der Waals surface area contributed by atoms with E-state index in [4.69, 9.17) is 5.73 Å². The molecule has 90 valence electrons. The van der Waals surface area contributed by atoms with E-state index >= 15 is 0 Å². The van der Waals surface area contributed by atoms with Crippen LogP contribution in [0.15, 0.2) is 54.1 Å². The molecule has 1 aromatic rings. The van der Waals surface area contributed by atoms with Gasteiger partial charge < -0.3 is 5.73 Å². The molecule has 1 nitrogen and oxygen atoms in total. The van der Waals surface area contributed by atoms with Crippen LogP contribution in [0, 0.1) is 0 Å². The molecule has 4 heteroatoms. The number of halogens is 3. The monoisotopic (exact) mass is 239 g/mol.